The van der Waals surface area contributed by atoms with Crippen LogP contribution in [0.5, 0.6) is 0 Å². The third kappa shape index (κ3) is 2.19. The normalized spacial score (nSPS) is 25.4. The predicted molar refractivity (Wildman–Crippen MR) is 62.9 cm³/mol. The Morgan fingerprint density at radius 3 is 2.07 bits per heavy atom. The number of allylic oxidation sites excluding steroid dienone is 1. The molecule has 0 aromatic heterocycles. The summed E-state index contributed by atoms with van der Waals surface area (Å²) in [6.07, 6.45) is 5.54. The van der Waals surface area contributed by atoms with Crippen LogP contribution in [0, 0.1) is 5.41 Å². The molecule has 1 heterocycles. The maximum absolute atomic E-state index is 2.33. The summed E-state index contributed by atoms with van der Waals surface area (Å²) in [5, 5.41) is 4.46. The van der Waals surface area contributed by atoms with E-state index in [-0.39, 0.29) is 24.4 Å². The predicted octanol–water partition coefficient (Wildman–Crippen LogP) is 2.11. The van der Waals surface area contributed by atoms with Crippen LogP contribution >= 0.6 is 0 Å². The van der Waals surface area contributed by atoms with E-state index in [4.69, 9.17) is 0 Å². The van der Waals surface area contributed by atoms with E-state index in [1.807, 2.05) is 0 Å². The molecule has 0 amide bonds. The van der Waals surface area contributed by atoms with E-state index in [0.29, 0.717) is 5.41 Å². The molecule has 0 atom stereocenters. The molecule has 77 valence electrons. The summed E-state index contributed by atoms with van der Waals surface area (Å²) in [5.41, 5.74) is 0.494. The van der Waals surface area contributed by atoms with Gasteiger partial charge in [0.2, 0.25) is 0 Å². The number of nitrogens with zero attached hydrogens (tertiary/aromatic N) is 2. The summed E-state index contributed by atoms with van der Waals surface area (Å²) in [7, 11) is 4.25. The Kier molecular flexibility index (Phi) is 4.34. The summed E-state index contributed by atoms with van der Waals surface area (Å²) in [5.74, 6) is 0. The molecule has 0 bridgehead atoms. The van der Waals surface area contributed by atoms with Gasteiger partial charge in [-0.05, 0) is 25.7 Å². The van der Waals surface area contributed by atoms with Gasteiger partial charge in [-0.1, -0.05) is 19.9 Å². The van der Waals surface area contributed by atoms with Crippen molar-refractivity contribution < 1.29 is 0 Å². The van der Waals surface area contributed by atoms with Crippen LogP contribution in [0.1, 0.15) is 34.1 Å². The first kappa shape index (κ1) is 14.1. The Morgan fingerprint density at radius 1 is 1.07 bits per heavy atom. The number of hydrogen-bond donors (Lipinski definition) is 0. The van der Waals surface area contributed by atoms with E-state index in [2.05, 4.69) is 64.1 Å². The van der Waals surface area contributed by atoms with Crippen molar-refractivity contribution in [1.29, 1.82) is 0 Å². The maximum Gasteiger partial charge on any atom is 0.0398 e. The van der Waals surface area contributed by atoms with Crippen molar-refractivity contribution in [3.8, 4) is 0 Å². The molecule has 0 aromatic carbocycles. The van der Waals surface area contributed by atoms with Crippen LogP contribution in [0.2, 0.25) is 0 Å². The van der Waals surface area contributed by atoms with Gasteiger partial charge in [0.15, 0.2) is 0 Å². The Morgan fingerprint density at radius 2 is 1.57 bits per heavy atom. The van der Waals surface area contributed by atoms with Crippen molar-refractivity contribution in [3.63, 3.8) is 0 Å². The van der Waals surface area contributed by atoms with Crippen molar-refractivity contribution in [3.05, 3.63) is 12.3 Å². The Hall–Kier alpha value is 0.0974. The molecule has 1 radical (unpaired) electrons. The Labute approximate surface area is 100 Å². The molecule has 0 saturated carbocycles. The van der Waals surface area contributed by atoms with Crippen LogP contribution in [0.25, 0.3) is 0 Å². The second-order valence-electron chi connectivity index (χ2n) is 5.13. The average molecular weight is 189 g/mol. The first-order valence-corrected chi connectivity index (χ1v) is 4.92. The van der Waals surface area contributed by atoms with Gasteiger partial charge in [-0.15, -0.1) is 0 Å². The van der Waals surface area contributed by atoms with Crippen LogP contribution in [0.3, 0.4) is 0 Å². The third-order valence-corrected chi connectivity index (χ3v) is 3.89. The standard InChI is InChI=1S/C11H22N2.Li/c1-10(2)8-7-9-12(5)13(6)11(10,3)4;/h7,9H,8H2,1-6H3;. The first-order chi connectivity index (χ1) is 5.79. The van der Waals surface area contributed by atoms with Crippen LogP contribution in [0.15, 0.2) is 12.3 Å². The van der Waals surface area contributed by atoms with Crippen molar-refractivity contribution in [2.45, 2.75) is 39.7 Å². The molecule has 14 heavy (non-hydrogen) atoms. The largest absolute Gasteiger partial charge is 0.316 e. The zero-order chi connectivity index (χ0) is 10.3. The smallest absolute Gasteiger partial charge is 0.0398 e. The van der Waals surface area contributed by atoms with E-state index in [1.165, 1.54) is 0 Å². The molecule has 0 fully saturated rings. The average Bonchev–Trinajstić information content (AvgIpc) is 2.05. The second kappa shape index (κ2) is 4.31. The zero-order valence-electron chi connectivity index (χ0n) is 10.8. The molecule has 3 heteroatoms. The zero-order valence-corrected chi connectivity index (χ0v) is 10.8. The van der Waals surface area contributed by atoms with E-state index < -0.39 is 0 Å². The fourth-order valence-electron chi connectivity index (χ4n) is 1.68. The maximum atomic E-state index is 2.33. The fourth-order valence-corrected chi connectivity index (χ4v) is 1.68. The summed E-state index contributed by atoms with van der Waals surface area (Å²) in [4.78, 5) is 0. The van der Waals surface area contributed by atoms with Crippen molar-refractivity contribution in [2.75, 3.05) is 14.1 Å². The Bertz CT molecular complexity index is 221. The fraction of sp³-hybridized carbons (Fsp3) is 0.818. The van der Waals surface area contributed by atoms with E-state index in [1.54, 1.807) is 0 Å². The second-order valence-corrected chi connectivity index (χ2v) is 5.13. The molecule has 0 spiro atoms. The summed E-state index contributed by atoms with van der Waals surface area (Å²) >= 11 is 0. The molecule has 0 N–H and O–H groups in total. The van der Waals surface area contributed by atoms with Crippen molar-refractivity contribution in [1.82, 2.24) is 10.0 Å². The van der Waals surface area contributed by atoms with Gasteiger partial charge in [0.1, 0.15) is 0 Å². The van der Waals surface area contributed by atoms with E-state index in [0.717, 1.165) is 6.42 Å². The molecular weight excluding hydrogens is 167 g/mol. The van der Waals surface area contributed by atoms with Gasteiger partial charge >= 0.3 is 0 Å². The molecule has 2 nitrogen and oxygen atoms in total. The quantitative estimate of drug-likeness (QED) is 0.538. The molecule has 0 saturated heterocycles. The minimum absolute atomic E-state index is 0. The number of hydrazine groups is 1. The minimum Gasteiger partial charge on any atom is -0.316 e. The number of hydrogen-bond acceptors (Lipinski definition) is 2. The Balaban J connectivity index is 0.00000169. The summed E-state index contributed by atoms with van der Waals surface area (Å²) in [6, 6.07) is 0. The molecular formula is C11H22LiN2. The van der Waals surface area contributed by atoms with Crippen LogP contribution in [0.4, 0.5) is 0 Å². The monoisotopic (exact) mass is 189 g/mol. The van der Waals surface area contributed by atoms with Crippen molar-refractivity contribution in [2.24, 2.45) is 5.41 Å². The van der Waals surface area contributed by atoms with Gasteiger partial charge in [0.05, 0.1) is 0 Å². The van der Waals surface area contributed by atoms with Gasteiger partial charge in [-0.2, -0.15) is 0 Å². The molecule has 0 aromatic rings. The van der Waals surface area contributed by atoms with Crippen LogP contribution in [-0.2, 0) is 0 Å². The van der Waals surface area contributed by atoms with Crippen molar-refractivity contribution >= 4 is 18.9 Å². The third-order valence-electron chi connectivity index (χ3n) is 3.89. The molecule has 1 rings (SSSR count). The molecule has 1 aliphatic heterocycles. The van der Waals surface area contributed by atoms with E-state index >= 15 is 0 Å². The number of rotatable bonds is 0. The van der Waals surface area contributed by atoms with Gasteiger partial charge in [0, 0.05) is 44.7 Å². The summed E-state index contributed by atoms with van der Waals surface area (Å²) in [6.45, 7) is 9.26. The van der Waals surface area contributed by atoms with E-state index in [9.17, 15) is 0 Å². The first-order valence-electron chi connectivity index (χ1n) is 4.92. The van der Waals surface area contributed by atoms with Gasteiger partial charge in [-0.25, -0.2) is 5.01 Å². The molecule has 0 aliphatic carbocycles. The van der Waals surface area contributed by atoms with Gasteiger partial charge in [0.25, 0.3) is 0 Å². The van der Waals surface area contributed by atoms with Crippen LogP contribution in [-0.4, -0.2) is 48.5 Å². The van der Waals surface area contributed by atoms with Crippen LogP contribution < -0.4 is 0 Å². The topological polar surface area (TPSA) is 6.48 Å². The molecule has 1 aliphatic rings. The van der Waals surface area contributed by atoms with Gasteiger partial charge in [-0.3, -0.25) is 0 Å². The minimum atomic E-state index is 0. The SMILES string of the molecule is CN1C=CCC(C)(C)C(C)(C)N1C.[Li]. The summed E-state index contributed by atoms with van der Waals surface area (Å²) < 4.78 is 0. The van der Waals surface area contributed by atoms with Gasteiger partial charge < -0.3 is 5.01 Å². The molecule has 0 unspecified atom stereocenters.